The second-order valence-electron chi connectivity index (χ2n) is 16.8. The zero-order chi connectivity index (χ0) is 41.6. The molecule has 0 radical (unpaired) electrons. The van der Waals surface area contributed by atoms with E-state index < -0.39 is 29.8 Å². The van der Waals surface area contributed by atoms with Crippen molar-refractivity contribution in [3.63, 3.8) is 0 Å². The third-order valence-electron chi connectivity index (χ3n) is 12.4. The summed E-state index contributed by atoms with van der Waals surface area (Å²) in [5.41, 5.74) is 7.76. The lowest BCUT2D eigenvalue weighted by Crippen LogP contribution is -2.51. The molecule has 58 heavy (non-hydrogen) atoms. The number of fused-ring (bicyclic) bond motifs is 3. The summed E-state index contributed by atoms with van der Waals surface area (Å²) in [6, 6.07) is 10.9. The monoisotopic (exact) mass is 793 g/mol. The number of rotatable bonds is 11. The molecule has 2 saturated heterocycles. The molecule has 1 unspecified atom stereocenters. The van der Waals surface area contributed by atoms with Crippen molar-refractivity contribution in [2.45, 2.75) is 90.0 Å². The van der Waals surface area contributed by atoms with E-state index in [-0.39, 0.29) is 35.7 Å². The quantitative estimate of drug-likeness (QED) is 0.117. The highest BCUT2D eigenvalue weighted by Crippen LogP contribution is 2.52. The highest BCUT2D eigenvalue weighted by Gasteiger charge is 2.43. The molecule has 5 atom stereocenters. The van der Waals surface area contributed by atoms with Crippen LogP contribution in [-0.2, 0) is 19.9 Å². The fourth-order valence-electron chi connectivity index (χ4n) is 8.96. The molecular weight excluding hydrogens is 739 g/mol. The minimum Gasteiger partial charge on any atom is -0.465 e. The van der Waals surface area contributed by atoms with Crippen LogP contribution in [0.3, 0.4) is 0 Å². The van der Waals surface area contributed by atoms with Crippen LogP contribution in [0.25, 0.3) is 33.6 Å². The Morgan fingerprint density at radius 3 is 1.64 bits per heavy atom. The van der Waals surface area contributed by atoms with E-state index in [1.807, 2.05) is 45.0 Å². The first-order chi connectivity index (χ1) is 27.6. The Hall–Kier alpha value is -5.70. The van der Waals surface area contributed by atoms with Gasteiger partial charge in [0.2, 0.25) is 11.8 Å². The Morgan fingerprint density at radius 2 is 1.24 bits per heavy atom. The van der Waals surface area contributed by atoms with Crippen molar-refractivity contribution < 1.29 is 29.0 Å². The molecule has 7 rings (SSSR count). The minimum atomic E-state index is -1.22. The molecule has 0 bridgehead atoms. The van der Waals surface area contributed by atoms with E-state index in [4.69, 9.17) is 14.7 Å². The molecule has 4 amide bonds. The number of aromatic amines is 2. The number of benzene rings is 2. The maximum Gasteiger partial charge on any atom is 0.407 e. The fraction of sp³-hybridized carbons (Fsp3) is 0.488. The van der Waals surface area contributed by atoms with Crippen LogP contribution in [0.2, 0.25) is 0 Å². The molecule has 2 aromatic carbocycles. The summed E-state index contributed by atoms with van der Waals surface area (Å²) in [6.45, 7) is 10.8. The fourth-order valence-corrected chi connectivity index (χ4v) is 8.96. The smallest absolute Gasteiger partial charge is 0.407 e. The maximum atomic E-state index is 13.7. The van der Waals surface area contributed by atoms with E-state index in [1.54, 1.807) is 4.90 Å². The Balaban J connectivity index is 1.14. The molecule has 2 aromatic heterocycles. The molecule has 2 fully saturated rings. The summed E-state index contributed by atoms with van der Waals surface area (Å²) < 4.78 is 4.79. The zero-order valence-corrected chi connectivity index (χ0v) is 34.6. The van der Waals surface area contributed by atoms with Gasteiger partial charge in [-0.25, -0.2) is 19.6 Å². The van der Waals surface area contributed by atoms with Gasteiger partial charge in [-0.2, -0.15) is 0 Å². The Morgan fingerprint density at radius 1 is 0.793 bits per heavy atom. The van der Waals surface area contributed by atoms with E-state index >= 15 is 0 Å². The number of nitrogens with one attached hydrogen (secondary N) is 4. The average Bonchev–Trinajstić information content (AvgIpc) is 4.05. The Bertz CT molecular complexity index is 2210. The van der Waals surface area contributed by atoms with Crippen LogP contribution in [0.1, 0.15) is 95.2 Å². The van der Waals surface area contributed by atoms with E-state index in [2.05, 4.69) is 82.9 Å². The summed E-state index contributed by atoms with van der Waals surface area (Å²) in [6.07, 6.45) is 4.93. The van der Waals surface area contributed by atoms with Crippen molar-refractivity contribution in [2.24, 2.45) is 11.8 Å². The number of hydrogen-bond acceptors (Lipinski definition) is 8. The molecule has 15 nitrogen and oxygen atoms in total. The van der Waals surface area contributed by atoms with Gasteiger partial charge in [0.15, 0.2) is 0 Å². The second kappa shape index (κ2) is 15.9. The minimum absolute atomic E-state index is 0.122. The van der Waals surface area contributed by atoms with Gasteiger partial charge < -0.3 is 40.2 Å². The molecule has 4 aromatic rings. The number of carbonyl (C=O) groups excluding carboxylic acids is 3. The van der Waals surface area contributed by atoms with E-state index in [1.165, 1.54) is 7.11 Å². The molecule has 4 heterocycles. The van der Waals surface area contributed by atoms with Gasteiger partial charge in [-0.3, -0.25) is 14.5 Å². The average molecular weight is 794 g/mol. The standard InChI is InChI=1S/C43H55N9O6/c1-23(2)35(48-41(55)56)39(53)51-17-9-11-33(51)37-44-21-31(46-37)25-13-15-27-28-16-14-26(20-30(28)43(5,50(6)7)29(27)19-25)32-22-45-38(47-32)34-12-10-18-52(34)40(54)36(24(3)4)49-42(57)58-8/h13-16,19-24,33-36,48H,9-12,17-18H2,1-8H3,(H,44,46)(H,45,47)(H,49,57)(H,55,56)/t33-,34-,35-,36-,43?/m0/s1. The number of aromatic nitrogens is 4. The topological polar surface area (TPSA) is 189 Å². The lowest BCUT2D eigenvalue weighted by atomic mass is 9.86. The number of amides is 4. The van der Waals surface area contributed by atoms with E-state index in [9.17, 15) is 24.3 Å². The number of methoxy groups -OCH3 is 1. The summed E-state index contributed by atoms with van der Waals surface area (Å²) in [7, 11) is 5.46. The van der Waals surface area contributed by atoms with Crippen LogP contribution in [0.5, 0.6) is 0 Å². The number of likely N-dealkylation sites (tertiary alicyclic amines) is 2. The number of ether oxygens (including phenoxy) is 1. The first-order valence-electron chi connectivity index (χ1n) is 20.2. The Kier molecular flexibility index (Phi) is 11.1. The number of alkyl carbamates (subject to hydrolysis) is 1. The number of H-pyrrole nitrogens is 2. The number of carbonyl (C=O) groups is 4. The van der Waals surface area contributed by atoms with Crippen LogP contribution in [0.4, 0.5) is 9.59 Å². The van der Waals surface area contributed by atoms with E-state index in [0.717, 1.165) is 70.5 Å². The van der Waals surface area contributed by atoms with Gasteiger partial charge in [0.05, 0.1) is 48.5 Å². The molecule has 0 saturated carbocycles. The van der Waals surface area contributed by atoms with Crippen LogP contribution in [0, 0.1) is 11.8 Å². The van der Waals surface area contributed by atoms with Crippen molar-refractivity contribution in [1.82, 2.24) is 45.3 Å². The number of imidazole rings is 2. The maximum absolute atomic E-state index is 13.7. The molecule has 0 spiro atoms. The van der Waals surface area contributed by atoms with Gasteiger partial charge >= 0.3 is 12.2 Å². The summed E-state index contributed by atoms with van der Waals surface area (Å²) in [4.78, 5) is 73.2. The second-order valence-corrected chi connectivity index (χ2v) is 16.8. The molecular formula is C43H55N9O6. The first kappa shape index (κ1) is 40.5. The molecule has 5 N–H and O–H groups in total. The largest absolute Gasteiger partial charge is 0.465 e. The third-order valence-corrected chi connectivity index (χ3v) is 12.4. The van der Waals surface area contributed by atoms with Crippen molar-refractivity contribution in [2.75, 3.05) is 34.3 Å². The van der Waals surface area contributed by atoms with Gasteiger partial charge in [0, 0.05) is 13.1 Å². The van der Waals surface area contributed by atoms with Gasteiger partial charge in [-0.1, -0.05) is 52.0 Å². The van der Waals surface area contributed by atoms with Crippen molar-refractivity contribution in [3.05, 3.63) is 71.6 Å². The molecule has 2 aliphatic heterocycles. The SMILES string of the molecule is COC(=O)N[C@H](C(=O)N1CCC[C@H]1c1ncc(-c2ccc3c(c2)C(C)(N(C)C)c2cc(-c4cnc([C@@H]5CCCN5C(=O)[C@@H](NC(=O)O)C(C)C)[nH]4)ccc2-3)[nH]1)C(C)C. The predicted molar refractivity (Wildman–Crippen MR) is 219 cm³/mol. The van der Waals surface area contributed by atoms with Gasteiger partial charge in [-0.05, 0) is 104 Å². The molecule has 3 aliphatic rings. The van der Waals surface area contributed by atoms with Crippen LogP contribution in [-0.4, -0.2) is 110 Å². The lowest BCUT2D eigenvalue weighted by molar-refractivity contribution is -0.136. The van der Waals surface area contributed by atoms with Crippen molar-refractivity contribution in [1.29, 1.82) is 0 Å². The van der Waals surface area contributed by atoms with Crippen LogP contribution in [0.15, 0.2) is 48.8 Å². The van der Waals surface area contributed by atoms with Crippen molar-refractivity contribution in [3.8, 4) is 33.6 Å². The van der Waals surface area contributed by atoms with Gasteiger partial charge in [0.1, 0.15) is 23.7 Å². The number of hydrogen-bond donors (Lipinski definition) is 5. The van der Waals surface area contributed by atoms with Crippen LogP contribution < -0.4 is 10.6 Å². The van der Waals surface area contributed by atoms with Gasteiger partial charge in [0.25, 0.3) is 0 Å². The molecule has 15 heteroatoms. The highest BCUT2D eigenvalue weighted by atomic mass is 16.5. The number of nitrogens with zero attached hydrogens (tertiary/aromatic N) is 5. The molecule has 308 valence electrons. The Labute approximate surface area is 338 Å². The summed E-state index contributed by atoms with van der Waals surface area (Å²) in [5.74, 6) is 0.692. The van der Waals surface area contributed by atoms with Crippen LogP contribution >= 0.6 is 0 Å². The first-order valence-corrected chi connectivity index (χ1v) is 20.2. The zero-order valence-electron chi connectivity index (χ0n) is 34.6. The third kappa shape index (κ3) is 7.20. The normalized spacial score (nSPS) is 21.0. The predicted octanol–water partition coefficient (Wildman–Crippen LogP) is 6.27. The number of carboxylic acid groups (broad SMARTS) is 1. The van der Waals surface area contributed by atoms with Gasteiger partial charge in [-0.15, -0.1) is 0 Å². The highest BCUT2D eigenvalue weighted by molar-refractivity contribution is 5.88. The summed E-state index contributed by atoms with van der Waals surface area (Å²) >= 11 is 0. The summed E-state index contributed by atoms with van der Waals surface area (Å²) in [5, 5.41) is 14.5. The lowest BCUT2D eigenvalue weighted by Gasteiger charge is -2.35. The van der Waals surface area contributed by atoms with Crippen molar-refractivity contribution >= 4 is 24.0 Å². The van der Waals surface area contributed by atoms with E-state index in [0.29, 0.717) is 24.7 Å². The molecule has 1 aliphatic carbocycles.